The lowest BCUT2D eigenvalue weighted by Crippen LogP contribution is -2.09. The zero-order valence-corrected chi connectivity index (χ0v) is 10.1. The van der Waals surface area contributed by atoms with Gasteiger partial charge in [-0.05, 0) is 19.8 Å². The Hall–Kier alpha value is -0.360. The fourth-order valence-electron chi connectivity index (χ4n) is 1.77. The van der Waals surface area contributed by atoms with Crippen molar-refractivity contribution in [3.63, 3.8) is 0 Å². The molecule has 0 bridgehead atoms. The molecule has 1 aromatic heterocycles. The topological polar surface area (TPSA) is 60.2 Å². The number of rotatable bonds is 1. The summed E-state index contributed by atoms with van der Waals surface area (Å²) in [6.07, 6.45) is 1.37. The molecule has 1 aliphatic heterocycles. The Bertz CT molecular complexity index is 451. The van der Waals surface area contributed by atoms with Crippen LogP contribution in [-0.4, -0.2) is 19.2 Å². The summed E-state index contributed by atoms with van der Waals surface area (Å²) < 4.78 is 28.4. The minimum Gasteiger partial charge on any atom is -0.436 e. The summed E-state index contributed by atoms with van der Waals surface area (Å²) in [4.78, 5) is 4.41. The van der Waals surface area contributed by atoms with Gasteiger partial charge in [-0.3, -0.25) is 0 Å². The summed E-state index contributed by atoms with van der Waals surface area (Å²) in [7, 11) is -2.99. The molecule has 0 aliphatic carbocycles. The molecule has 0 radical (unpaired) electrons. The lowest BCUT2D eigenvalue weighted by Gasteiger charge is -2.05. The van der Waals surface area contributed by atoms with E-state index in [-0.39, 0.29) is 5.75 Å². The van der Waals surface area contributed by atoms with Crippen LogP contribution in [0.2, 0.25) is 0 Å². The average molecular weight is 280 g/mol. The molecule has 1 atom stereocenters. The van der Waals surface area contributed by atoms with Crippen molar-refractivity contribution >= 4 is 25.8 Å². The molecule has 6 heteroatoms. The van der Waals surface area contributed by atoms with Gasteiger partial charge in [-0.15, -0.1) is 0 Å². The number of halogens is 1. The van der Waals surface area contributed by atoms with Crippen molar-refractivity contribution in [2.24, 2.45) is 0 Å². The number of aryl methyl sites for hydroxylation is 1. The van der Waals surface area contributed by atoms with Gasteiger partial charge in [0.05, 0.1) is 5.75 Å². The second-order valence-corrected chi connectivity index (χ2v) is 6.39. The first-order chi connectivity index (χ1) is 6.50. The van der Waals surface area contributed by atoms with E-state index in [1.165, 1.54) is 0 Å². The van der Waals surface area contributed by atoms with Gasteiger partial charge in [0.2, 0.25) is 0 Å². The van der Waals surface area contributed by atoms with E-state index >= 15 is 0 Å². The van der Waals surface area contributed by atoms with E-state index in [0.29, 0.717) is 22.7 Å². The molecular formula is C8H10BrNO3S. The van der Waals surface area contributed by atoms with Gasteiger partial charge in [-0.1, -0.05) is 0 Å². The molecule has 1 unspecified atom stereocenters. The van der Waals surface area contributed by atoms with Crippen LogP contribution in [0.1, 0.15) is 29.5 Å². The minimum absolute atomic E-state index is 0.265. The number of hydrogen-bond acceptors (Lipinski definition) is 4. The molecule has 1 aromatic rings. The van der Waals surface area contributed by atoms with Crippen LogP contribution in [0.3, 0.4) is 0 Å². The van der Waals surface area contributed by atoms with Crippen LogP contribution >= 0.6 is 15.9 Å². The Morgan fingerprint density at radius 2 is 2.29 bits per heavy atom. The molecule has 78 valence electrons. The van der Waals surface area contributed by atoms with Crippen molar-refractivity contribution in [3.05, 3.63) is 16.3 Å². The van der Waals surface area contributed by atoms with Gasteiger partial charge in [0.25, 0.3) is 4.80 Å². The third-order valence-electron chi connectivity index (χ3n) is 2.44. The van der Waals surface area contributed by atoms with Crippen LogP contribution in [0.15, 0.2) is 9.22 Å². The predicted molar refractivity (Wildman–Crippen MR) is 54.7 cm³/mol. The summed E-state index contributed by atoms with van der Waals surface area (Å²) in [5.41, 5.74) is 0.564. The van der Waals surface area contributed by atoms with Crippen LogP contribution in [0, 0.1) is 6.92 Å². The first-order valence-electron chi connectivity index (χ1n) is 4.35. The number of nitrogens with zero attached hydrogens (tertiary/aromatic N) is 1. The normalized spacial score (nSPS) is 25.4. The van der Waals surface area contributed by atoms with Crippen LogP contribution < -0.4 is 0 Å². The lowest BCUT2D eigenvalue weighted by atomic mass is 10.2. The van der Waals surface area contributed by atoms with Gasteiger partial charge >= 0.3 is 0 Å². The van der Waals surface area contributed by atoms with Crippen molar-refractivity contribution in [2.45, 2.75) is 25.0 Å². The molecule has 1 saturated heterocycles. The average Bonchev–Trinajstić information content (AvgIpc) is 2.54. The Kier molecular flexibility index (Phi) is 2.43. The highest BCUT2D eigenvalue weighted by molar-refractivity contribution is 9.10. The second kappa shape index (κ2) is 3.34. The van der Waals surface area contributed by atoms with E-state index < -0.39 is 15.1 Å². The van der Waals surface area contributed by atoms with E-state index in [1.54, 1.807) is 6.92 Å². The Morgan fingerprint density at radius 1 is 1.57 bits per heavy atom. The smallest absolute Gasteiger partial charge is 0.264 e. The second-order valence-electron chi connectivity index (χ2n) is 3.41. The number of oxazole rings is 1. The first kappa shape index (κ1) is 10.2. The summed E-state index contributed by atoms with van der Waals surface area (Å²) in [6, 6.07) is 0. The maximum Gasteiger partial charge on any atom is 0.264 e. The highest BCUT2D eigenvalue weighted by Crippen LogP contribution is 2.36. The molecule has 0 N–H and O–H groups in total. The lowest BCUT2D eigenvalue weighted by molar-refractivity contribution is 0.497. The van der Waals surface area contributed by atoms with E-state index in [4.69, 9.17) is 4.42 Å². The highest BCUT2D eigenvalue weighted by Gasteiger charge is 2.36. The maximum atomic E-state index is 11.6. The largest absolute Gasteiger partial charge is 0.436 e. The number of sulfone groups is 1. The predicted octanol–water partition coefficient (Wildman–Crippen LogP) is 2.00. The zero-order chi connectivity index (χ0) is 10.3. The van der Waals surface area contributed by atoms with Crippen LogP contribution in [0.4, 0.5) is 0 Å². The fraction of sp³-hybridized carbons (Fsp3) is 0.625. The molecule has 14 heavy (non-hydrogen) atoms. The van der Waals surface area contributed by atoms with Crippen LogP contribution in [0.25, 0.3) is 0 Å². The van der Waals surface area contributed by atoms with E-state index in [9.17, 15) is 8.42 Å². The summed E-state index contributed by atoms with van der Waals surface area (Å²) in [6.45, 7) is 1.74. The van der Waals surface area contributed by atoms with Crippen LogP contribution in [0.5, 0.6) is 0 Å². The van der Waals surface area contributed by atoms with Gasteiger partial charge in [0.1, 0.15) is 16.7 Å². The highest BCUT2D eigenvalue weighted by atomic mass is 79.9. The fourth-order valence-corrected chi connectivity index (χ4v) is 4.14. The van der Waals surface area contributed by atoms with Crippen molar-refractivity contribution in [2.75, 3.05) is 5.75 Å². The van der Waals surface area contributed by atoms with Gasteiger partial charge in [0, 0.05) is 15.9 Å². The molecule has 1 aliphatic rings. The van der Waals surface area contributed by atoms with Gasteiger partial charge < -0.3 is 4.42 Å². The van der Waals surface area contributed by atoms with E-state index in [2.05, 4.69) is 20.9 Å². The van der Waals surface area contributed by atoms with E-state index in [0.717, 1.165) is 6.42 Å². The molecule has 0 amide bonds. The summed E-state index contributed by atoms with van der Waals surface area (Å²) >= 11 is 3.10. The Labute approximate surface area is 90.8 Å². The molecular weight excluding hydrogens is 270 g/mol. The molecule has 4 nitrogen and oxygen atoms in total. The molecule has 2 rings (SSSR count). The maximum absolute atomic E-state index is 11.6. The zero-order valence-electron chi connectivity index (χ0n) is 7.66. The van der Waals surface area contributed by atoms with Crippen molar-refractivity contribution in [3.8, 4) is 0 Å². The van der Waals surface area contributed by atoms with Gasteiger partial charge in [0.15, 0.2) is 9.84 Å². The molecule has 2 heterocycles. The minimum atomic E-state index is -2.99. The van der Waals surface area contributed by atoms with Crippen LogP contribution in [-0.2, 0) is 9.84 Å². The SMILES string of the molecule is Cc1oc(Br)nc1C1CCCS1(=O)=O. The third-order valence-corrected chi connectivity index (χ3v) is 4.96. The molecule has 0 saturated carbocycles. The third kappa shape index (κ3) is 1.61. The van der Waals surface area contributed by atoms with Crippen molar-refractivity contribution in [1.29, 1.82) is 0 Å². The number of hydrogen-bond donors (Lipinski definition) is 0. The standard InChI is InChI=1S/C8H10BrNO3S/c1-5-7(10-8(9)13-5)6-3-2-4-14(6,11)12/h6H,2-4H2,1H3. The monoisotopic (exact) mass is 279 g/mol. The molecule has 1 fully saturated rings. The quantitative estimate of drug-likeness (QED) is 0.789. The van der Waals surface area contributed by atoms with Gasteiger partial charge in [-0.2, -0.15) is 0 Å². The Morgan fingerprint density at radius 3 is 2.71 bits per heavy atom. The van der Waals surface area contributed by atoms with Gasteiger partial charge in [-0.25, -0.2) is 13.4 Å². The van der Waals surface area contributed by atoms with E-state index in [1.807, 2.05) is 0 Å². The molecule has 0 spiro atoms. The molecule has 0 aromatic carbocycles. The summed E-state index contributed by atoms with van der Waals surface area (Å²) in [5.74, 6) is 0.856. The van der Waals surface area contributed by atoms with Crippen molar-refractivity contribution < 1.29 is 12.8 Å². The van der Waals surface area contributed by atoms with Crippen molar-refractivity contribution in [1.82, 2.24) is 4.98 Å². The summed E-state index contributed by atoms with van der Waals surface area (Å²) in [5, 5.41) is -0.461. The number of aromatic nitrogens is 1. The first-order valence-corrected chi connectivity index (χ1v) is 6.86. The Balaban J connectivity index is 2.45.